The summed E-state index contributed by atoms with van der Waals surface area (Å²) in [5.74, 6) is -0.772. The Balaban J connectivity index is 1.89. The molecule has 0 N–H and O–H groups in total. The Morgan fingerprint density at radius 2 is 1.86 bits per heavy atom. The van der Waals surface area contributed by atoms with Crippen LogP contribution in [0.4, 0.5) is 0 Å². The second kappa shape index (κ2) is 7.38. The van der Waals surface area contributed by atoms with E-state index in [0.717, 1.165) is 27.6 Å². The van der Waals surface area contributed by atoms with Crippen LogP contribution in [0.3, 0.4) is 0 Å². The van der Waals surface area contributed by atoms with E-state index in [1.165, 1.54) is 0 Å². The molecule has 3 aromatic heterocycles. The summed E-state index contributed by atoms with van der Waals surface area (Å²) in [7, 11) is 0. The van der Waals surface area contributed by atoms with Gasteiger partial charge in [-0.25, -0.2) is 4.98 Å². The van der Waals surface area contributed by atoms with Crippen LogP contribution in [0, 0.1) is 11.8 Å². The first kappa shape index (κ1) is 15.3. The lowest BCUT2D eigenvalue weighted by molar-refractivity contribution is 0.535. The number of fused-ring (bicyclic) bond motifs is 3. The molecule has 0 saturated heterocycles. The molecule has 4 rings (SSSR count). The summed E-state index contributed by atoms with van der Waals surface area (Å²) in [4.78, 5) is 9.09. The molecule has 28 heavy (non-hydrogen) atoms. The van der Waals surface area contributed by atoms with Gasteiger partial charge in [0.05, 0.1) is 5.69 Å². The van der Waals surface area contributed by atoms with Crippen LogP contribution in [0.5, 0.6) is 0 Å². The Labute approximate surface area is 171 Å². The summed E-state index contributed by atoms with van der Waals surface area (Å²) in [5, 5.41) is 1.77. The van der Waals surface area contributed by atoms with Crippen molar-refractivity contribution in [1.82, 2.24) is 9.97 Å². The average molecular weight is 376 g/mol. The molecular formula is C25H28N2O. The smallest absolute Gasteiger partial charge is 0.227 e. The van der Waals surface area contributed by atoms with Gasteiger partial charge in [-0.1, -0.05) is 46.8 Å². The lowest BCUT2D eigenvalue weighted by atomic mass is 9.90. The molecule has 0 amide bonds. The van der Waals surface area contributed by atoms with Gasteiger partial charge in [0, 0.05) is 32.3 Å². The van der Waals surface area contributed by atoms with E-state index in [-0.39, 0.29) is 11.8 Å². The maximum atomic E-state index is 8.75. The molecule has 1 atom stereocenters. The molecular weight excluding hydrogens is 344 g/mol. The Morgan fingerprint density at radius 3 is 2.61 bits per heavy atom. The first-order valence-corrected chi connectivity index (χ1v) is 9.83. The van der Waals surface area contributed by atoms with Crippen LogP contribution in [-0.4, -0.2) is 9.97 Å². The normalized spacial score (nSPS) is 16.3. The van der Waals surface area contributed by atoms with Crippen molar-refractivity contribution < 1.29 is 8.53 Å². The van der Waals surface area contributed by atoms with Crippen LogP contribution >= 0.6 is 0 Å². The van der Waals surface area contributed by atoms with Crippen molar-refractivity contribution in [1.29, 1.82) is 0 Å². The predicted octanol–water partition coefficient (Wildman–Crippen LogP) is 7.00. The van der Waals surface area contributed by atoms with Crippen LogP contribution in [0.1, 0.15) is 55.9 Å². The molecule has 3 heteroatoms. The Morgan fingerprint density at radius 1 is 1.04 bits per heavy atom. The van der Waals surface area contributed by atoms with E-state index >= 15 is 0 Å². The molecule has 0 aliphatic rings. The van der Waals surface area contributed by atoms with Gasteiger partial charge in [0.1, 0.15) is 5.58 Å². The second-order valence-corrected chi connectivity index (χ2v) is 7.90. The Kier molecular flexibility index (Phi) is 4.03. The number of pyridine rings is 2. The molecule has 1 unspecified atom stereocenters. The molecule has 0 saturated carbocycles. The Hall–Kier alpha value is -2.68. The first-order chi connectivity index (χ1) is 14.5. The van der Waals surface area contributed by atoms with Gasteiger partial charge in [-0.3, -0.25) is 4.98 Å². The standard InChI is InChI=1S/C25H28N2O/c1-15(2)13-19-9-10-21-20-7-6-8-22(24(20)28-25(21)27-19)23-14-18(11-12-26-23)17(5)16(3)4/h6-12,14-17H,13H2,1-5H3/i13D2,17D. The first-order valence-electron chi connectivity index (χ1n) is 11.3. The average Bonchev–Trinajstić information content (AvgIpc) is 3.11. The summed E-state index contributed by atoms with van der Waals surface area (Å²) in [6.45, 7) is 9.71. The number of hydrogen-bond acceptors (Lipinski definition) is 3. The van der Waals surface area contributed by atoms with Crippen molar-refractivity contribution in [2.45, 2.75) is 46.9 Å². The van der Waals surface area contributed by atoms with Crippen LogP contribution in [-0.2, 0) is 6.37 Å². The fraction of sp³-hybridized carbons (Fsp3) is 0.360. The van der Waals surface area contributed by atoms with Crippen molar-refractivity contribution in [2.24, 2.45) is 11.8 Å². The van der Waals surface area contributed by atoms with Gasteiger partial charge in [-0.2, -0.15) is 0 Å². The van der Waals surface area contributed by atoms with Crippen LogP contribution in [0.15, 0.2) is 53.1 Å². The van der Waals surface area contributed by atoms with Gasteiger partial charge in [0.25, 0.3) is 0 Å². The molecule has 0 aliphatic heterocycles. The van der Waals surface area contributed by atoms with Crippen molar-refractivity contribution in [2.75, 3.05) is 0 Å². The van der Waals surface area contributed by atoms with E-state index in [1.807, 2.05) is 71.0 Å². The summed E-state index contributed by atoms with van der Waals surface area (Å²) in [6, 6.07) is 13.4. The highest BCUT2D eigenvalue weighted by Crippen LogP contribution is 2.35. The zero-order valence-electron chi connectivity index (χ0n) is 20.1. The topological polar surface area (TPSA) is 38.9 Å². The van der Waals surface area contributed by atoms with Crippen LogP contribution < -0.4 is 0 Å². The van der Waals surface area contributed by atoms with Gasteiger partial charge in [0.2, 0.25) is 5.71 Å². The zero-order valence-corrected chi connectivity index (χ0v) is 17.1. The summed E-state index contributed by atoms with van der Waals surface area (Å²) in [6.07, 6.45) is 0.205. The second-order valence-electron chi connectivity index (χ2n) is 7.90. The van der Waals surface area contributed by atoms with Gasteiger partial charge in [0.15, 0.2) is 0 Å². The number of furan rings is 1. The Bertz CT molecular complexity index is 1260. The zero-order chi connectivity index (χ0) is 22.6. The fourth-order valence-corrected chi connectivity index (χ4v) is 3.41. The minimum absolute atomic E-state index is 0.156. The lowest BCUT2D eigenvalue weighted by Crippen LogP contribution is -2.02. The highest BCUT2D eigenvalue weighted by atomic mass is 16.3. The van der Waals surface area contributed by atoms with Crippen LogP contribution in [0.2, 0.25) is 0 Å². The number of rotatable bonds is 5. The van der Waals surface area contributed by atoms with Crippen molar-refractivity contribution >= 4 is 22.1 Å². The maximum Gasteiger partial charge on any atom is 0.227 e. The largest absolute Gasteiger partial charge is 0.437 e. The van der Waals surface area contributed by atoms with E-state index in [0.29, 0.717) is 17.0 Å². The van der Waals surface area contributed by atoms with E-state index in [9.17, 15) is 0 Å². The van der Waals surface area contributed by atoms with E-state index < -0.39 is 12.3 Å². The molecule has 0 bridgehead atoms. The molecule has 4 aromatic rings. The number of hydrogen-bond donors (Lipinski definition) is 0. The summed E-state index contributed by atoms with van der Waals surface area (Å²) in [5.41, 5.74) is 3.97. The SMILES string of the molecule is [2H]C([2H])(c1ccc2c(n1)oc1c(-c3cc(C([2H])(C)C(C)C)ccn3)cccc12)C(C)C. The monoisotopic (exact) mass is 375 g/mol. The molecule has 3 heterocycles. The van der Waals surface area contributed by atoms with Gasteiger partial charge in [-0.15, -0.1) is 0 Å². The maximum absolute atomic E-state index is 8.75. The minimum Gasteiger partial charge on any atom is -0.437 e. The van der Waals surface area contributed by atoms with E-state index in [2.05, 4.69) is 9.97 Å². The third-order valence-electron chi connectivity index (χ3n) is 5.16. The highest BCUT2D eigenvalue weighted by Gasteiger charge is 2.16. The van der Waals surface area contributed by atoms with Crippen molar-refractivity contribution in [3.63, 3.8) is 0 Å². The summed E-state index contributed by atoms with van der Waals surface area (Å²) < 4.78 is 31.6. The quantitative estimate of drug-likeness (QED) is 0.377. The molecule has 0 fully saturated rings. The van der Waals surface area contributed by atoms with Gasteiger partial charge < -0.3 is 4.42 Å². The third-order valence-corrected chi connectivity index (χ3v) is 5.16. The van der Waals surface area contributed by atoms with Gasteiger partial charge in [-0.05, 0) is 60.0 Å². The van der Waals surface area contributed by atoms with Crippen LogP contribution in [0.25, 0.3) is 33.3 Å². The molecule has 1 aromatic carbocycles. The fourth-order valence-electron chi connectivity index (χ4n) is 3.41. The lowest BCUT2D eigenvalue weighted by Gasteiger charge is -2.16. The van der Waals surface area contributed by atoms with E-state index in [4.69, 9.17) is 8.53 Å². The number of nitrogens with zero attached hydrogens (tertiary/aromatic N) is 2. The molecule has 3 nitrogen and oxygen atoms in total. The summed E-state index contributed by atoms with van der Waals surface area (Å²) >= 11 is 0. The van der Waals surface area contributed by atoms with E-state index in [1.54, 1.807) is 12.3 Å². The highest BCUT2D eigenvalue weighted by molar-refractivity contribution is 6.08. The number of aromatic nitrogens is 2. The van der Waals surface area contributed by atoms with Crippen molar-refractivity contribution in [3.05, 3.63) is 59.9 Å². The van der Waals surface area contributed by atoms with Gasteiger partial charge >= 0.3 is 0 Å². The molecule has 0 spiro atoms. The number of benzene rings is 1. The molecule has 0 aliphatic carbocycles. The minimum atomic E-state index is -1.54. The molecule has 144 valence electrons. The van der Waals surface area contributed by atoms with Crippen molar-refractivity contribution in [3.8, 4) is 11.3 Å². The predicted molar refractivity (Wildman–Crippen MR) is 117 cm³/mol. The molecule has 0 radical (unpaired) electrons. The third kappa shape index (κ3) is 3.42. The number of para-hydroxylation sites is 1.